The first-order valence-corrected chi connectivity index (χ1v) is 11.8. The van der Waals surface area contributed by atoms with Gasteiger partial charge in [0.2, 0.25) is 8.32 Å². The predicted molar refractivity (Wildman–Crippen MR) is 99.0 cm³/mol. The van der Waals surface area contributed by atoms with Gasteiger partial charge in [0.25, 0.3) is 0 Å². The molecule has 0 N–H and O–H groups in total. The van der Waals surface area contributed by atoms with Gasteiger partial charge in [-0.15, -0.1) is 0 Å². The van der Waals surface area contributed by atoms with Crippen LogP contribution in [0.25, 0.3) is 0 Å². The molecule has 128 valence electrons. The van der Waals surface area contributed by atoms with E-state index >= 15 is 0 Å². The van der Waals surface area contributed by atoms with Crippen molar-refractivity contribution >= 4 is 14.1 Å². The van der Waals surface area contributed by atoms with Gasteiger partial charge in [-0.05, 0) is 56.3 Å². The molecule has 0 aliphatic heterocycles. The van der Waals surface area contributed by atoms with E-state index in [1.807, 2.05) is 24.3 Å². The van der Waals surface area contributed by atoms with Crippen molar-refractivity contribution in [3.05, 3.63) is 35.9 Å². The number of rotatable bonds is 10. The summed E-state index contributed by atoms with van der Waals surface area (Å²) < 4.78 is 11.4. The minimum atomic E-state index is -1.66. The van der Waals surface area contributed by atoms with Crippen LogP contribution in [0.15, 0.2) is 30.4 Å². The highest BCUT2D eigenvalue weighted by Gasteiger charge is 2.18. The van der Waals surface area contributed by atoms with Gasteiger partial charge in [-0.2, -0.15) is 0 Å². The molecule has 0 spiro atoms. The van der Waals surface area contributed by atoms with Gasteiger partial charge in [0.15, 0.2) is 11.5 Å². The molecule has 1 aromatic rings. The lowest BCUT2D eigenvalue weighted by Crippen LogP contribution is -2.29. The first-order valence-electron chi connectivity index (χ1n) is 8.41. The van der Waals surface area contributed by atoms with Gasteiger partial charge < -0.3 is 9.16 Å². The van der Waals surface area contributed by atoms with Crippen LogP contribution in [0, 0.1) is 0 Å². The molecule has 0 aliphatic carbocycles. The topological polar surface area (TPSA) is 35.5 Å². The van der Waals surface area contributed by atoms with E-state index in [1.165, 1.54) is 0 Å². The molecule has 1 rings (SSSR count). The Morgan fingerprint density at radius 1 is 1.22 bits per heavy atom. The van der Waals surface area contributed by atoms with Crippen molar-refractivity contribution in [2.45, 2.75) is 58.7 Å². The summed E-state index contributed by atoms with van der Waals surface area (Å²) in [7, 11) is -0.0140. The monoisotopic (exact) mass is 334 g/mol. The standard InChI is InChI=1S/C19H30O3Si/c1-6-7-8-9-10-17(20)13-11-16-12-14-18(19(15-16)21-2)22-23(3,4)5/h9-10,12,14-15H,6-8,11,13H2,1-5H3. The molecule has 0 fully saturated rings. The first kappa shape index (κ1) is 19.5. The van der Waals surface area contributed by atoms with E-state index in [0.29, 0.717) is 6.42 Å². The Labute approximate surface area is 141 Å². The number of ketones is 1. The SMILES string of the molecule is CCCCC=CC(=O)CCc1ccc(O[Si](C)(C)C)c(OC)c1. The molecule has 0 aliphatic rings. The summed E-state index contributed by atoms with van der Waals surface area (Å²) >= 11 is 0. The average Bonchev–Trinajstić information content (AvgIpc) is 2.49. The van der Waals surface area contributed by atoms with Crippen LogP contribution in [0.5, 0.6) is 11.5 Å². The summed E-state index contributed by atoms with van der Waals surface area (Å²) in [5.41, 5.74) is 1.10. The number of benzene rings is 1. The number of hydrogen-bond donors (Lipinski definition) is 0. The quantitative estimate of drug-likeness (QED) is 0.337. The third kappa shape index (κ3) is 8.02. The molecule has 0 atom stereocenters. The van der Waals surface area contributed by atoms with Gasteiger partial charge in [0.05, 0.1) is 7.11 Å². The zero-order chi connectivity index (χ0) is 17.3. The summed E-state index contributed by atoms with van der Waals surface area (Å²) in [6, 6.07) is 5.95. The molecule has 0 saturated heterocycles. The van der Waals surface area contributed by atoms with Crippen molar-refractivity contribution in [3.8, 4) is 11.5 Å². The molecular formula is C19H30O3Si. The minimum absolute atomic E-state index is 0.183. The molecule has 4 heteroatoms. The Balaban J connectivity index is 2.61. The largest absolute Gasteiger partial charge is 0.542 e. The molecule has 23 heavy (non-hydrogen) atoms. The molecule has 0 aromatic heterocycles. The van der Waals surface area contributed by atoms with Crippen LogP contribution in [0.1, 0.15) is 38.2 Å². The lowest BCUT2D eigenvalue weighted by molar-refractivity contribution is -0.114. The Morgan fingerprint density at radius 3 is 2.57 bits per heavy atom. The van der Waals surface area contributed by atoms with Crippen LogP contribution in [-0.4, -0.2) is 21.2 Å². The molecule has 0 unspecified atom stereocenters. The van der Waals surface area contributed by atoms with Crippen molar-refractivity contribution in [2.24, 2.45) is 0 Å². The van der Waals surface area contributed by atoms with Crippen molar-refractivity contribution in [1.82, 2.24) is 0 Å². The summed E-state index contributed by atoms with van der Waals surface area (Å²) in [6.07, 6.45) is 8.23. The molecule has 3 nitrogen and oxygen atoms in total. The zero-order valence-corrected chi connectivity index (χ0v) is 16.1. The van der Waals surface area contributed by atoms with Crippen LogP contribution >= 0.6 is 0 Å². The van der Waals surface area contributed by atoms with Crippen molar-refractivity contribution in [3.63, 3.8) is 0 Å². The highest BCUT2D eigenvalue weighted by molar-refractivity contribution is 6.70. The van der Waals surface area contributed by atoms with E-state index in [2.05, 4.69) is 26.6 Å². The number of carbonyl (C=O) groups excluding carboxylic acids is 1. The summed E-state index contributed by atoms with van der Waals surface area (Å²) in [5, 5.41) is 0. The second kappa shape index (κ2) is 9.56. The number of allylic oxidation sites excluding steroid dienone is 2. The van der Waals surface area contributed by atoms with Gasteiger partial charge in [-0.1, -0.05) is 31.9 Å². The number of hydrogen-bond acceptors (Lipinski definition) is 3. The maximum atomic E-state index is 11.9. The lowest BCUT2D eigenvalue weighted by atomic mass is 10.1. The van der Waals surface area contributed by atoms with Crippen LogP contribution in [0.4, 0.5) is 0 Å². The van der Waals surface area contributed by atoms with E-state index in [4.69, 9.17) is 9.16 Å². The molecule has 0 heterocycles. The predicted octanol–water partition coefficient (Wildman–Crippen LogP) is 5.16. The Morgan fingerprint density at radius 2 is 1.96 bits per heavy atom. The van der Waals surface area contributed by atoms with Crippen molar-refractivity contribution < 1.29 is 14.0 Å². The fourth-order valence-electron chi connectivity index (χ4n) is 2.17. The number of aryl methyl sites for hydroxylation is 1. The van der Waals surface area contributed by atoms with Crippen LogP contribution in [-0.2, 0) is 11.2 Å². The van der Waals surface area contributed by atoms with E-state index in [-0.39, 0.29) is 5.78 Å². The average molecular weight is 335 g/mol. The minimum Gasteiger partial charge on any atom is -0.542 e. The molecule has 1 aromatic carbocycles. The summed E-state index contributed by atoms with van der Waals surface area (Å²) in [4.78, 5) is 11.9. The highest BCUT2D eigenvalue weighted by Crippen LogP contribution is 2.30. The van der Waals surface area contributed by atoms with Gasteiger partial charge in [0.1, 0.15) is 5.75 Å². The Hall–Kier alpha value is -1.55. The van der Waals surface area contributed by atoms with E-state index in [9.17, 15) is 4.79 Å². The maximum absolute atomic E-state index is 11.9. The fourth-order valence-corrected chi connectivity index (χ4v) is 3.00. The number of carbonyl (C=O) groups is 1. The second-order valence-electron chi connectivity index (χ2n) is 6.71. The van der Waals surface area contributed by atoms with Gasteiger partial charge in [0, 0.05) is 6.42 Å². The first-order chi connectivity index (χ1) is 10.9. The summed E-state index contributed by atoms with van der Waals surface area (Å²) in [6.45, 7) is 8.58. The highest BCUT2D eigenvalue weighted by atomic mass is 28.4. The fraction of sp³-hybridized carbons (Fsp3) is 0.526. The normalized spacial score (nSPS) is 11.7. The van der Waals surface area contributed by atoms with Gasteiger partial charge in [-0.25, -0.2) is 0 Å². The number of unbranched alkanes of at least 4 members (excludes halogenated alkanes) is 2. The Bertz CT molecular complexity index is 530. The van der Waals surface area contributed by atoms with Crippen molar-refractivity contribution in [2.75, 3.05) is 7.11 Å². The third-order valence-electron chi connectivity index (χ3n) is 3.33. The smallest absolute Gasteiger partial charge is 0.242 e. The molecular weight excluding hydrogens is 304 g/mol. The molecule has 0 amide bonds. The number of ether oxygens (including phenoxy) is 1. The van der Waals surface area contributed by atoms with Crippen LogP contribution < -0.4 is 9.16 Å². The van der Waals surface area contributed by atoms with Crippen molar-refractivity contribution in [1.29, 1.82) is 0 Å². The van der Waals surface area contributed by atoms with Crippen LogP contribution in [0.3, 0.4) is 0 Å². The summed E-state index contributed by atoms with van der Waals surface area (Å²) in [5.74, 6) is 1.72. The molecule has 0 radical (unpaired) electrons. The van der Waals surface area contributed by atoms with Gasteiger partial charge >= 0.3 is 0 Å². The van der Waals surface area contributed by atoms with E-state index < -0.39 is 8.32 Å². The maximum Gasteiger partial charge on any atom is 0.242 e. The second-order valence-corrected chi connectivity index (χ2v) is 11.1. The number of methoxy groups -OCH3 is 1. The van der Waals surface area contributed by atoms with E-state index in [1.54, 1.807) is 13.2 Å². The Kier molecular flexibility index (Phi) is 8.10. The van der Waals surface area contributed by atoms with Gasteiger partial charge in [-0.3, -0.25) is 4.79 Å². The third-order valence-corrected chi connectivity index (χ3v) is 4.16. The lowest BCUT2D eigenvalue weighted by Gasteiger charge is -2.21. The van der Waals surface area contributed by atoms with E-state index in [0.717, 1.165) is 42.7 Å². The molecule has 0 bridgehead atoms. The van der Waals surface area contributed by atoms with Crippen LogP contribution in [0.2, 0.25) is 19.6 Å². The molecule has 0 saturated carbocycles. The zero-order valence-electron chi connectivity index (χ0n) is 15.1.